The van der Waals surface area contributed by atoms with Crippen molar-refractivity contribution in [2.75, 3.05) is 5.32 Å². The molecule has 7 nitrogen and oxygen atoms in total. The van der Waals surface area contributed by atoms with Gasteiger partial charge in [-0.15, -0.1) is 0 Å². The van der Waals surface area contributed by atoms with Gasteiger partial charge in [-0.2, -0.15) is 0 Å². The van der Waals surface area contributed by atoms with Gasteiger partial charge in [0.2, 0.25) is 5.91 Å². The van der Waals surface area contributed by atoms with E-state index in [0.29, 0.717) is 22.5 Å². The van der Waals surface area contributed by atoms with Gasteiger partial charge in [-0.05, 0) is 36.2 Å². The molecule has 0 bridgehead atoms. The second kappa shape index (κ2) is 7.43. The van der Waals surface area contributed by atoms with E-state index < -0.39 is 5.91 Å². The molecule has 138 valence electrons. The Bertz CT molecular complexity index is 1060. The van der Waals surface area contributed by atoms with Crippen molar-refractivity contribution >= 4 is 17.4 Å². The van der Waals surface area contributed by atoms with Crippen molar-refractivity contribution in [2.24, 2.45) is 12.8 Å². The van der Waals surface area contributed by atoms with Crippen molar-refractivity contribution in [3.8, 4) is 11.3 Å². The zero-order chi connectivity index (χ0) is 19.6. The number of anilines is 2. The Labute approximate surface area is 156 Å². The Morgan fingerprint density at radius 2 is 1.93 bits per heavy atom. The molecule has 0 fully saturated rings. The molecular weight excluding hydrogens is 344 g/mol. The SMILES string of the molecule is Cc1c(C(N)=O)cccc1-c1cn(C)c(=O)c(Nc2ccc(CO)cc2)n1. The minimum atomic E-state index is -0.513. The smallest absolute Gasteiger partial charge is 0.293 e. The molecular formula is C20H20N4O3. The topological polar surface area (TPSA) is 110 Å². The van der Waals surface area contributed by atoms with E-state index in [1.54, 1.807) is 56.6 Å². The summed E-state index contributed by atoms with van der Waals surface area (Å²) in [6, 6.07) is 12.3. The molecule has 1 heterocycles. The zero-order valence-corrected chi connectivity index (χ0v) is 15.1. The molecule has 0 radical (unpaired) electrons. The van der Waals surface area contributed by atoms with E-state index in [1.807, 2.05) is 6.07 Å². The number of aromatic nitrogens is 2. The average Bonchev–Trinajstić information content (AvgIpc) is 2.66. The van der Waals surface area contributed by atoms with Crippen molar-refractivity contribution < 1.29 is 9.90 Å². The molecule has 0 saturated heterocycles. The minimum absolute atomic E-state index is 0.0503. The highest BCUT2D eigenvalue weighted by molar-refractivity contribution is 5.96. The maximum Gasteiger partial charge on any atom is 0.293 e. The first-order valence-corrected chi connectivity index (χ1v) is 8.35. The average molecular weight is 364 g/mol. The number of aliphatic hydroxyl groups excluding tert-OH is 1. The lowest BCUT2D eigenvalue weighted by molar-refractivity contribution is 0.0999. The van der Waals surface area contributed by atoms with Gasteiger partial charge in [-0.1, -0.05) is 24.3 Å². The van der Waals surface area contributed by atoms with E-state index in [2.05, 4.69) is 10.3 Å². The largest absolute Gasteiger partial charge is 0.392 e. The van der Waals surface area contributed by atoms with Crippen LogP contribution in [0.4, 0.5) is 11.5 Å². The van der Waals surface area contributed by atoms with Crippen molar-refractivity contribution in [1.82, 2.24) is 9.55 Å². The number of benzene rings is 2. The maximum absolute atomic E-state index is 12.5. The van der Waals surface area contributed by atoms with Gasteiger partial charge in [0.25, 0.3) is 5.56 Å². The number of aryl methyl sites for hydroxylation is 1. The van der Waals surface area contributed by atoms with Crippen molar-refractivity contribution in [1.29, 1.82) is 0 Å². The lowest BCUT2D eigenvalue weighted by Crippen LogP contribution is -2.21. The van der Waals surface area contributed by atoms with Gasteiger partial charge in [-0.25, -0.2) is 4.98 Å². The summed E-state index contributed by atoms with van der Waals surface area (Å²) in [6.45, 7) is 1.74. The van der Waals surface area contributed by atoms with Crippen LogP contribution in [0.1, 0.15) is 21.5 Å². The van der Waals surface area contributed by atoms with Crippen molar-refractivity contribution in [2.45, 2.75) is 13.5 Å². The molecule has 0 atom stereocenters. The third kappa shape index (κ3) is 3.73. The Morgan fingerprint density at radius 1 is 1.22 bits per heavy atom. The fourth-order valence-corrected chi connectivity index (χ4v) is 2.83. The summed E-state index contributed by atoms with van der Waals surface area (Å²) in [4.78, 5) is 28.5. The van der Waals surface area contributed by atoms with E-state index in [4.69, 9.17) is 10.8 Å². The summed E-state index contributed by atoms with van der Waals surface area (Å²) in [7, 11) is 1.64. The zero-order valence-electron chi connectivity index (χ0n) is 15.1. The van der Waals surface area contributed by atoms with E-state index in [1.165, 1.54) is 4.57 Å². The number of primary amides is 1. The van der Waals surface area contributed by atoms with Crippen LogP contribution in [0.5, 0.6) is 0 Å². The third-order valence-electron chi connectivity index (χ3n) is 4.35. The molecule has 4 N–H and O–H groups in total. The van der Waals surface area contributed by atoms with E-state index >= 15 is 0 Å². The van der Waals surface area contributed by atoms with Gasteiger partial charge in [-0.3, -0.25) is 9.59 Å². The summed E-state index contributed by atoms with van der Waals surface area (Å²) in [5, 5.41) is 12.1. The molecule has 7 heteroatoms. The van der Waals surface area contributed by atoms with Gasteiger partial charge >= 0.3 is 0 Å². The molecule has 0 aliphatic heterocycles. The van der Waals surface area contributed by atoms with E-state index in [-0.39, 0.29) is 18.0 Å². The monoisotopic (exact) mass is 364 g/mol. The molecule has 0 saturated carbocycles. The summed E-state index contributed by atoms with van der Waals surface area (Å²) in [5.74, 6) is -0.350. The molecule has 0 spiro atoms. The minimum Gasteiger partial charge on any atom is -0.392 e. The quantitative estimate of drug-likeness (QED) is 0.642. The number of hydrogen-bond donors (Lipinski definition) is 3. The van der Waals surface area contributed by atoms with Gasteiger partial charge in [0, 0.05) is 30.1 Å². The van der Waals surface area contributed by atoms with Gasteiger partial charge in [0.05, 0.1) is 12.3 Å². The first-order valence-electron chi connectivity index (χ1n) is 8.35. The summed E-state index contributed by atoms with van der Waals surface area (Å²) >= 11 is 0. The lowest BCUT2D eigenvalue weighted by Gasteiger charge is -2.13. The van der Waals surface area contributed by atoms with Gasteiger partial charge in [0.15, 0.2) is 5.82 Å². The normalized spacial score (nSPS) is 10.6. The number of amides is 1. The van der Waals surface area contributed by atoms with Crippen LogP contribution in [0.2, 0.25) is 0 Å². The van der Waals surface area contributed by atoms with Crippen molar-refractivity contribution in [3.05, 3.63) is 75.7 Å². The number of nitrogens with two attached hydrogens (primary N) is 1. The molecule has 0 unspecified atom stereocenters. The third-order valence-corrected chi connectivity index (χ3v) is 4.35. The number of carbonyl (C=O) groups excluding carboxylic acids is 1. The molecule has 1 amide bonds. The number of rotatable bonds is 5. The molecule has 27 heavy (non-hydrogen) atoms. The first kappa shape index (κ1) is 18.3. The predicted molar refractivity (Wildman–Crippen MR) is 104 cm³/mol. The Morgan fingerprint density at radius 3 is 2.56 bits per heavy atom. The number of nitrogens with one attached hydrogen (secondary N) is 1. The van der Waals surface area contributed by atoms with E-state index in [0.717, 1.165) is 11.1 Å². The molecule has 0 aliphatic rings. The highest BCUT2D eigenvalue weighted by Crippen LogP contribution is 2.25. The second-order valence-corrected chi connectivity index (χ2v) is 6.21. The van der Waals surface area contributed by atoms with Crippen LogP contribution in [0.25, 0.3) is 11.3 Å². The van der Waals surface area contributed by atoms with E-state index in [9.17, 15) is 9.59 Å². The Balaban J connectivity index is 2.05. The lowest BCUT2D eigenvalue weighted by atomic mass is 10.00. The Kier molecular flexibility index (Phi) is 5.05. The van der Waals surface area contributed by atoms with Crippen LogP contribution in [0, 0.1) is 6.92 Å². The number of carbonyl (C=O) groups is 1. The molecule has 1 aromatic heterocycles. The fraction of sp³-hybridized carbons (Fsp3) is 0.150. The van der Waals surface area contributed by atoms with Gasteiger partial charge < -0.3 is 20.7 Å². The highest BCUT2D eigenvalue weighted by Gasteiger charge is 2.14. The molecule has 0 aliphatic carbocycles. The summed E-state index contributed by atoms with van der Waals surface area (Å²) in [6.07, 6.45) is 1.62. The number of hydrogen-bond acceptors (Lipinski definition) is 5. The standard InChI is InChI=1S/C20H20N4O3/c1-12-15(4-3-5-16(12)18(21)26)17-10-24(2)20(27)19(23-17)22-14-8-6-13(11-25)7-9-14/h3-10,25H,11H2,1-2H3,(H2,21,26)(H,22,23). The number of aliphatic hydroxyl groups is 1. The van der Waals surface area contributed by atoms with Crippen LogP contribution in [-0.2, 0) is 13.7 Å². The maximum atomic E-state index is 12.5. The Hall–Kier alpha value is -3.45. The molecule has 3 aromatic rings. The second-order valence-electron chi connectivity index (χ2n) is 6.21. The summed E-state index contributed by atoms with van der Waals surface area (Å²) in [5.41, 5.74) is 8.98. The van der Waals surface area contributed by atoms with Gasteiger partial charge in [0.1, 0.15) is 0 Å². The van der Waals surface area contributed by atoms with Crippen molar-refractivity contribution in [3.63, 3.8) is 0 Å². The van der Waals surface area contributed by atoms with Crippen LogP contribution in [0.15, 0.2) is 53.5 Å². The van der Waals surface area contributed by atoms with Crippen LogP contribution in [0.3, 0.4) is 0 Å². The molecule has 2 aromatic carbocycles. The van der Waals surface area contributed by atoms with Crippen LogP contribution >= 0.6 is 0 Å². The summed E-state index contributed by atoms with van der Waals surface area (Å²) < 4.78 is 1.43. The molecule has 3 rings (SSSR count). The number of nitrogens with zero attached hydrogens (tertiary/aromatic N) is 2. The predicted octanol–water partition coefficient (Wildman–Crippen LogP) is 2.09. The van der Waals surface area contributed by atoms with Crippen LogP contribution < -0.4 is 16.6 Å². The van der Waals surface area contributed by atoms with Crippen LogP contribution in [-0.4, -0.2) is 20.6 Å². The first-order chi connectivity index (χ1) is 12.9. The highest BCUT2D eigenvalue weighted by atomic mass is 16.3. The fourth-order valence-electron chi connectivity index (χ4n) is 2.83.